The highest BCUT2D eigenvalue weighted by atomic mass is 15.3. The lowest BCUT2D eigenvalue weighted by Gasteiger charge is -1.95. The standard InChI is InChI=1S/C6H11N.C2H6/c1-5-2-3-7-4-6(5)7;1-2/h5-6H,2-4H2,1H3;1-2H3. The molecule has 1 heteroatoms. The average molecular weight is 127 g/mol. The highest BCUT2D eigenvalue weighted by Crippen LogP contribution is 2.34. The van der Waals surface area contributed by atoms with Crippen LogP contribution in [0.5, 0.6) is 0 Å². The van der Waals surface area contributed by atoms with Crippen LogP contribution >= 0.6 is 0 Å². The molecule has 2 aliphatic heterocycles. The van der Waals surface area contributed by atoms with Crippen LogP contribution in [0.15, 0.2) is 0 Å². The van der Waals surface area contributed by atoms with Crippen LogP contribution in [0.25, 0.3) is 0 Å². The van der Waals surface area contributed by atoms with Gasteiger partial charge in [-0.25, -0.2) is 0 Å². The molecule has 9 heavy (non-hydrogen) atoms. The summed E-state index contributed by atoms with van der Waals surface area (Å²) in [7, 11) is 0. The van der Waals surface area contributed by atoms with E-state index in [1.807, 2.05) is 13.8 Å². The van der Waals surface area contributed by atoms with E-state index in [-0.39, 0.29) is 0 Å². The van der Waals surface area contributed by atoms with Crippen LogP contribution in [0.4, 0.5) is 0 Å². The fourth-order valence-corrected chi connectivity index (χ4v) is 1.55. The molecule has 0 saturated carbocycles. The molecule has 0 aromatic heterocycles. The Bertz CT molecular complexity index is 90.6. The zero-order valence-corrected chi connectivity index (χ0v) is 6.72. The smallest absolute Gasteiger partial charge is 0.0250 e. The highest BCUT2D eigenvalue weighted by molar-refractivity contribution is 4.98. The first kappa shape index (κ1) is 7.07. The second kappa shape index (κ2) is 2.70. The number of piperidine rings is 1. The van der Waals surface area contributed by atoms with Crippen LogP contribution < -0.4 is 0 Å². The summed E-state index contributed by atoms with van der Waals surface area (Å²) in [5.74, 6) is 1.01. The Kier molecular flexibility index (Phi) is 2.12. The molecule has 1 nitrogen and oxygen atoms in total. The first-order valence-corrected chi connectivity index (χ1v) is 4.12. The van der Waals surface area contributed by atoms with Gasteiger partial charge in [0.1, 0.15) is 0 Å². The number of hydrogen-bond acceptors (Lipinski definition) is 1. The zero-order valence-electron chi connectivity index (χ0n) is 6.72. The van der Waals surface area contributed by atoms with Crippen molar-refractivity contribution in [1.29, 1.82) is 0 Å². The Hall–Kier alpha value is -0.0400. The van der Waals surface area contributed by atoms with E-state index in [1.54, 1.807) is 0 Å². The van der Waals surface area contributed by atoms with Crippen LogP contribution in [0, 0.1) is 5.92 Å². The molecule has 54 valence electrons. The minimum atomic E-state index is 1.01. The van der Waals surface area contributed by atoms with E-state index >= 15 is 0 Å². The molecule has 0 aromatic rings. The summed E-state index contributed by atoms with van der Waals surface area (Å²) in [4.78, 5) is 2.55. The zero-order chi connectivity index (χ0) is 6.85. The second-order valence-electron chi connectivity index (χ2n) is 2.83. The summed E-state index contributed by atoms with van der Waals surface area (Å²) < 4.78 is 0. The molecular formula is C8H17N. The molecule has 0 bridgehead atoms. The fourth-order valence-electron chi connectivity index (χ4n) is 1.55. The lowest BCUT2D eigenvalue weighted by atomic mass is 10.1. The Morgan fingerprint density at radius 2 is 2.00 bits per heavy atom. The van der Waals surface area contributed by atoms with Crippen molar-refractivity contribution in [3.05, 3.63) is 0 Å². The average Bonchev–Trinajstić information content (AvgIpc) is 2.61. The van der Waals surface area contributed by atoms with E-state index in [0.717, 1.165) is 12.0 Å². The van der Waals surface area contributed by atoms with Crippen molar-refractivity contribution in [2.24, 2.45) is 5.92 Å². The minimum Gasteiger partial charge on any atom is -0.297 e. The summed E-state index contributed by atoms with van der Waals surface area (Å²) in [5, 5.41) is 0. The van der Waals surface area contributed by atoms with Crippen LogP contribution in [0.2, 0.25) is 0 Å². The maximum Gasteiger partial charge on any atom is 0.0250 e. The van der Waals surface area contributed by atoms with Crippen LogP contribution in [0.3, 0.4) is 0 Å². The molecule has 0 spiro atoms. The summed E-state index contributed by atoms with van der Waals surface area (Å²) in [6, 6.07) is 1.01. The highest BCUT2D eigenvalue weighted by Gasteiger charge is 2.43. The summed E-state index contributed by atoms with van der Waals surface area (Å²) in [6.45, 7) is 9.14. The van der Waals surface area contributed by atoms with Gasteiger partial charge in [0.15, 0.2) is 0 Å². The third-order valence-electron chi connectivity index (χ3n) is 2.29. The molecule has 0 N–H and O–H groups in total. The van der Waals surface area contributed by atoms with Crippen molar-refractivity contribution in [2.45, 2.75) is 33.2 Å². The molecule has 0 radical (unpaired) electrons. The molecule has 2 rings (SSSR count). The Labute approximate surface area is 58.0 Å². The van der Waals surface area contributed by atoms with Crippen molar-refractivity contribution in [3.8, 4) is 0 Å². The Morgan fingerprint density at radius 1 is 1.33 bits per heavy atom. The number of rotatable bonds is 0. The second-order valence-corrected chi connectivity index (χ2v) is 2.83. The monoisotopic (exact) mass is 127 g/mol. The molecule has 3 atom stereocenters. The molecule has 2 saturated heterocycles. The van der Waals surface area contributed by atoms with Crippen LogP contribution in [0.1, 0.15) is 27.2 Å². The molecular weight excluding hydrogens is 110 g/mol. The maximum absolute atomic E-state index is 2.55. The molecule has 3 unspecified atom stereocenters. The lowest BCUT2D eigenvalue weighted by molar-refractivity contribution is 0.593. The third kappa shape index (κ3) is 1.26. The van der Waals surface area contributed by atoms with E-state index < -0.39 is 0 Å². The normalized spacial score (nSPS) is 45.0. The van der Waals surface area contributed by atoms with Crippen LogP contribution in [-0.4, -0.2) is 24.0 Å². The fraction of sp³-hybridized carbons (Fsp3) is 1.00. The molecule has 2 aliphatic rings. The first-order chi connectivity index (χ1) is 4.38. The Morgan fingerprint density at radius 3 is 2.11 bits per heavy atom. The lowest BCUT2D eigenvalue weighted by Crippen LogP contribution is -1.96. The summed E-state index contributed by atoms with van der Waals surface area (Å²) in [5.41, 5.74) is 0. The van der Waals surface area contributed by atoms with Crippen molar-refractivity contribution >= 4 is 0 Å². The van der Waals surface area contributed by atoms with E-state index in [4.69, 9.17) is 0 Å². The van der Waals surface area contributed by atoms with Gasteiger partial charge in [-0.3, -0.25) is 4.90 Å². The van der Waals surface area contributed by atoms with E-state index in [9.17, 15) is 0 Å². The number of hydrogen-bond donors (Lipinski definition) is 0. The predicted octanol–water partition coefficient (Wildman–Crippen LogP) is 1.74. The van der Waals surface area contributed by atoms with Gasteiger partial charge in [-0.1, -0.05) is 20.8 Å². The minimum absolute atomic E-state index is 1.01. The number of nitrogens with zero attached hydrogens (tertiary/aromatic N) is 1. The largest absolute Gasteiger partial charge is 0.297 e. The van der Waals surface area contributed by atoms with E-state index in [2.05, 4.69) is 11.8 Å². The van der Waals surface area contributed by atoms with Gasteiger partial charge in [0.2, 0.25) is 0 Å². The quantitative estimate of drug-likeness (QED) is 0.448. The van der Waals surface area contributed by atoms with Crippen molar-refractivity contribution in [3.63, 3.8) is 0 Å². The van der Waals surface area contributed by atoms with Crippen molar-refractivity contribution in [2.75, 3.05) is 13.1 Å². The first-order valence-electron chi connectivity index (χ1n) is 4.12. The maximum atomic E-state index is 2.55. The molecule has 2 heterocycles. The van der Waals surface area contributed by atoms with Gasteiger partial charge >= 0.3 is 0 Å². The van der Waals surface area contributed by atoms with E-state index in [0.29, 0.717) is 0 Å². The summed E-state index contributed by atoms with van der Waals surface area (Å²) >= 11 is 0. The van der Waals surface area contributed by atoms with Gasteiger partial charge in [0.05, 0.1) is 0 Å². The molecule has 0 aliphatic carbocycles. The third-order valence-corrected chi connectivity index (χ3v) is 2.29. The van der Waals surface area contributed by atoms with Crippen LogP contribution in [-0.2, 0) is 0 Å². The predicted molar refractivity (Wildman–Crippen MR) is 40.5 cm³/mol. The summed E-state index contributed by atoms with van der Waals surface area (Å²) in [6.07, 6.45) is 1.45. The Balaban J connectivity index is 0.000000186. The molecule has 2 fully saturated rings. The van der Waals surface area contributed by atoms with Gasteiger partial charge < -0.3 is 0 Å². The van der Waals surface area contributed by atoms with Crippen molar-refractivity contribution < 1.29 is 0 Å². The molecule has 0 amide bonds. The van der Waals surface area contributed by atoms with Gasteiger partial charge in [-0.2, -0.15) is 0 Å². The number of fused-ring (bicyclic) bond motifs is 1. The van der Waals surface area contributed by atoms with Gasteiger partial charge in [-0.05, 0) is 18.9 Å². The van der Waals surface area contributed by atoms with Gasteiger partial charge in [0, 0.05) is 12.6 Å². The van der Waals surface area contributed by atoms with E-state index in [1.165, 1.54) is 19.5 Å². The van der Waals surface area contributed by atoms with Gasteiger partial charge in [0.25, 0.3) is 0 Å². The SMILES string of the molecule is CC.CC1CCN2CC12. The van der Waals surface area contributed by atoms with Crippen molar-refractivity contribution in [1.82, 2.24) is 4.90 Å². The van der Waals surface area contributed by atoms with Gasteiger partial charge in [-0.15, -0.1) is 0 Å². The molecule has 0 aromatic carbocycles. The topological polar surface area (TPSA) is 3.01 Å².